The second-order valence-electron chi connectivity index (χ2n) is 6.42. The maximum absolute atomic E-state index is 12.4. The van der Waals surface area contributed by atoms with E-state index >= 15 is 0 Å². The van der Waals surface area contributed by atoms with Gasteiger partial charge in [-0.25, -0.2) is 0 Å². The van der Waals surface area contributed by atoms with Crippen LogP contribution in [0.25, 0.3) is 0 Å². The fourth-order valence-corrected chi connectivity index (χ4v) is 2.89. The van der Waals surface area contributed by atoms with Crippen LogP contribution in [0.1, 0.15) is 35.8 Å². The Morgan fingerprint density at radius 1 is 0.963 bits per heavy atom. The summed E-state index contributed by atoms with van der Waals surface area (Å²) >= 11 is 0. The van der Waals surface area contributed by atoms with Crippen molar-refractivity contribution in [3.63, 3.8) is 0 Å². The van der Waals surface area contributed by atoms with Crippen molar-refractivity contribution in [1.29, 1.82) is 0 Å². The summed E-state index contributed by atoms with van der Waals surface area (Å²) in [5, 5.41) is 2.94. The first-order chi connectivity index (χ1) is 13.3. The molecule has 138 valence electrons. The van der Waals surface area contributed by atoms with E-state index in [1.54, 1.807) is 6.20 Å². The molecule has 27 heavy (non-hydrogen) atoms. The summed E-state index contributed by atoms with van der Waals surface area (Å²) in [5.74, 6) is -0.127. The summed E-state index contributed by atoms with van der Waals surface area (Å²) in [4.78, 5) is 18.9. The fourth-order valence-electron chi connectivity index (χ4n) is 2.89. The molecule has 4 heteroatoms. The zero-order chi connectivity index (χ0) is 18.9. The maximum atomic E-state index is 12.4. The number of anilines is 2. The normalized spacial score (nSPS) is 10.4. The SMILES string of the molecule is CCCCNC(=O)c1cc(N(Cc2ccccc2)c2ccccc2)ccn1. The maximum Gasteiger partial charge on any atom is 0.269 e. The minimum atomic E-state index is -0.127. The number of benzene rings is 2. The van der Waals surface area contributed by atoms with Gasteiger partial charge in [0.05, 0.1) is 0 Å². The van der Waals surface area contributed by atoms with Gasteiger partial charge in [0.1, 0.15) is 5.69 Å². The predicted molar refractivity (Wildman–Crippen MR) is 110 cm³/mol. The van der Waals surface area contributed by atoms with Gasteiger partial charge in [0, 0.05) is 30.7 Å². The molecule has 1 aromatic heterocycles. The third kappa shape index (κ3) is 5.17. The van der Waals surface area contributed by atoms with Gasteiger partial charge in [-0.3, -0.25) is 9.78 Å². The third-order valence-electron chi connectivity index (χ3n) is 4.36. The van der Waals surface area contributed by atoms with Crippen molar-refractivity contribution in [3.05, 3.63) is 90.3 Å². The van der Waals surface area contributed by atoms with Crippen LogP contribution in [0.15, 0.2) is 79.0 Å². The molecule has 0 saturated carbocycles. The number of nitrogens with one attached hydrogen (secondary N) is 1. The number of para-hydroxylation sites is 1. The topological polar surface area (TPSA) is 45.2 Å². The zero-order valence-corrected chi connectivity index (χ0v) is 15.6. The van der Waals surface area contributed by atoms with E-state index in [4.69, 9.17) is 0 Å². The third-order valence-corrected chi connectivity index (χ3v) is 4.36. The van der Waals surface area contributed by atoms with Gasteiger partial charge in [-0.2, -0.15) is 0 Å². The van der Waals surface area contributed by atoms with Crippen LogP contribution in [0.4, 0.5) is 11.4 Å². The molecule has 0 bridgehead atoms. The highest BCUT2D eigenvalue weighted by atomic mass is 16.1. The summed E-state index contributed by atoms with van der Waals surface area (Å²) < 4.78 is 0. The van der Waals surface area contributed by atoms with Crippen LogP contribution in [-0.4, -0.2) is 17.4 Å². The predicted octanol–water partition coefficient (Wildman–Crippen LogP) is 4.95. The number of aromatic nitrogens is 1. The van der Waals surface area contributed by atoms with Gasteiger partial charge in [-0.05, 0) is 36.2 Å². The Morgan fingerprint density at radius 3 is 2.37 bits per heavy atom. The summed E-state index contributed by atoms with van der Waals surface area (Å²) in [7, 11) is 0. The average Bonchev–Trinajstić information content (AvgIpc) is 2.73. The Labute approximate surface area is 160 Å². The van der Waals surface area contributed by atoms with Crippen molar-refractivity contribution >= 4 is 17.3 Å². The number of carbonyl (C=O) groups is 1. The summed E-state index contributed by atoms with van der Waals surface area (Å²) in [6, 6.07) is 24.3. The van der Waals surface area contributed by atoms with Crippen LogP contribution in [-0.2, 0) is 6.54 Å². The van der Waals surface area contributed by atoms with E-state index in [2.05, 4.69) is 46.4 Å². The minimum absolute atomic E-state index is 0.127. The summed E-state index contributed by atoms with van der Waals surface area (Å²) in [6.07, 6.45) is 3.72. The fraction of sp³-hybridized carbons (Fsp3) is 0.217. The lowest BCUT2D eigenvalue weighted by Gasteiger charge is -2.25. The monoisotopic (exact) mass is 359 g/mol. The summed E-state index contributed by atoms with van der Waals surface area (Å²) in [6.45, 7) is 3.49. The lowest BCUT2D eigenvalue weighted by Crippen LogP contribution is -2.25. The number of pyridine rings is 1. The quantitative estimate of drug-likeness (QED) is 0.579. The Morgan fingerprint density at radius 2 is 1.67 bits per heavy atom. The van der Waals surface area contributed by atoms with E-state index in [9.17, 15) is 4.79 Å². The summed E-state index contributed by atoms with van der Waals surface area (Å²) in [5.41, 5.74) is 3.66. The first kappa shape index (κ1) is 18.6. The molecule has 0 unspecified atom stereocenters. The number of rotatable bonds is 8. The minimum Gasteiger partial charge on any atom is -0.351 e. The number of hydrogen-bond donors (Lipinski definition) is 1. The molecule has 0 aliphatic heterocycles. The molecule has 1 heterocycles. The molecule has 3 rings (SSSR count). The van der Waals surface area contributed by atoms with Gasteiger partial charge in [0.25, 0.3) is 5.91 Å². The van der Waals surface area contributed by atoms with Gasteiger partial charge in [0.15, 0.2) is 0 Å². The van der Waals surface area contributed by atoms with Crippen LogP contribution in [0.5, 0.6) is 0 Å². The van der Waals surface area contributed by atoms with Crippen molar-refractivity contribution in [2.75, 3.05) is 11.4 Å². The van der Waals surface area contributed by atoms with E-state index in [1.165, 1.54) is 5.56 Å². The molecule has 4 nitrogen and oxygen atoms in total. The molecule has 0 spiro atoms. The number of carbonyl (C=O) groups excluding carboxylic acids is 1. The van der Waals surface area contributed by atoms with Gasteiger partial charge in [-0.15, -0.1) is 0 Å². The van der Waals surface area contributed by atoms with Crippen molar-refractivity contribution in [1.82, 2.24) is 10.3 Å². The van der Waals surface area contributed by atoms with Crippen molar-refractivity contribution < 1.29 is 4.79 Å². The van der Waals surface area contributed by atoms with E-state index in [0.29, 0.717) is 18.8 Å². The number of hydrogen-bond acceptors (Lipinski definition) is 3. The molecule has 1 N–H and O–H groups in total. The molecular weight excluding hydrogens is 334 g/mol. The molecule has 0 aliphatic rings. The molecule has 0 saturated heterocycles. The molecular formula is C23H25N3O. The lowest BCUT2D eigenvalue weighted by atomic mass is 10.1. The molecule has 0 radical (unpaired) electrons. The van der Waals surface area contributed by atoms with E-state index < -0.39 is 0 Å². The molecule has 2 aromatic carbocycles. The highest BCUT2D eigenvalue weighted by Crippen LogP contribution is 2.27. The standard InChI is InChI=1S/C23H25N3O/c1-2-3-15-25-23(27)22-17-21(14-16-24-22)26(20-12-8-5-9-13-20)18-19-10-6-4-7-11-19/h4-14,16-17H,2-3,15,18H2,1H3,(H,25,27). The van der Waals surface area contributed by atoms with Gasteiger partial charge in [-0.1, -0.05) is 61.9 Å². The smallest absolute Gasteiger partial charge is 0.269 e. The highest BCUT2D eigenvalue weighted by molar-refractivity contribution is 5.93. The molecule has 0 fully saturated rings. The molecule has 0 atom stereocenters. The lowest BCUT2D eigenvalue weighted by molar-refractivity contribution is 0.0948. The highest BCUT2D eigenvalue weighted by Gasteiger charge is 2.13. The first-order valence-electron chi connectivity index (χ1n) is 9.38. The van der Waals surface area contributed by atoms with Crippen molar-refractivity contribution in [2.45, 2.75) is 26.3 Å². The number of unbranched alkanes of at least 4 members (excludes halogenated alkanes) is 1. The zero-order valence-electron chi connectivity index (χ0n) is 15.6. The average molecular weight is 359 g/mol. The van der Waals surface area contributed by atoms with Crippen LogP contribution >= 0.6 is 0 Å². The molecule has 0 aliphatic carbocycles. The van der Waals surface area contributed by atoms with Crippen molar-refractivity contribution in [3.8, 4) is 0 Å². The van der Waals surface area contributed by atoms with Crippen molar-refractivity contribution in [2.24, 2.45) is 0 Å². The molecule has 3 aromatic rings. The Balaban J connectivity index is 1.88. The van der Waals surface area contributed by atoms with E-state index in [1.807, 2.05) is 48.5 Å². The van der Waals surface area contributed by atoms with Crippen LogP contribution in [0.3, 0.4) is 0 Å². The largest absolute Gasteiger partial charge is 0.351 e. The first-order valence-corrected chi connectivity index (χ1v) is 9.38. The van der Waals surface area contributed by atoms with Crippen LogP contribution < -0.4 is 10.2 Å². The Hall–Kier alpha value is -3.14. The van der Waals surface area contributed by atoms with E-state index in [0.717, 1.165) is 24.2 Å². The van der Waals surface area contributed by atoms with Gasteiger partial charge < -0.3 is 10.2 Å². The second-order valence-corrected chi connectivity index (χ2v) is 6.42. The molecule has 1 amide bonds. The van der Waals surface area contributed by atoms with Gasteiger partial charge >= 0.3 is 0 Å². The Kier molecular flexibility index (Phi) is 6.58. The number of amides is 1. The Bertz CT molecular complexity index is 850. The van der Waals surface area contributed by atoms with Crippen LogP contribution in [0.2, 0.25) is 0 Å². The van der Waals surface area contributed by atoms with Crippen LogP contribution in [0, 0.1) is 0 Å². The van der Waals surface area contributed by atoms with Gasteiger partial charge in [0.2, 0.25) is 0 Å². The van der Waals surface area contributed by atoms with E-state index in [-0.39, 0.29) is 5.91 Å². The second kappa shape index (κ2) is 9.53. The number of nitrogens with zero attached hydrogens (tertiary/aromatic N) is 2.